The molecule has 0 saturated carbocycles. The molecule has 1 aliphatic rings. The van der Waals surface area contributed by atoms with E-state index in [0.29, 0.717) is 12.3 Å². The summed E-state index contributed by atoms with van der Waals surface area (Å²) in [5.41, 5.74) is 1.79. The van der Waals surface area contributed by atoms with Crippen LogP contribution in [0.4, 0.5) is 0 Å². The molecule has 1 unspecified atom stereocenters. The molecule has 0 radical (unpaired) electrons. The lowest BCUT2D eigenvalue weighted by Gasteiger charge is -2.29. The average molecular weight is 291 g/mol. The quantitative estimate of drug-likeness (QED) is 0.900. The molecular weight excluding hydrogens is 266 g/mol. The van der Waals surface area contributed by atoms with E-state index in [9.17, 15) is 4.79 Å². The highest BCUT2D eigenvalue weighted by atomic mass is 16.5. The fourth-order valence-electron chi connectivity index (χ4n) is 2.61. The van der Waals surface area contributed by atoms with Crippen LogP contribution < -0.4 is 10.1 Å². The summed E-state index contributed by atoms with van der Waals surface area (Å²) in [6.45, 7) is 6.09. The molecule has 1 aliphatic heterocycles. The zero-order valence-electron chi connectivity index (χ0n) is 13.2. The van der Waals surface area contributed by atoms with Gasteiger partial charge in [-0.3, -0.25) is 9.78 Å². The number of amides is 1. The Labute approximate surface area is 126 Å². The molecule has 1 N–H and O–H groups in total. The number of hydrogen-bond donors (Lipinski definition) is 1. The van der Waals surface area contributed by atoms with E-state index < -0.39 is 6.10 Å². The number of nitrogens with one attached hydrogen (secondary N) is 1. The van der Waals surface area contributed by atoms with Gasteiger partial charge in [-0.05, 0) is 52.3 Å². The van der Waals surface area contributed by atoms with Crippen molar-refractivity contribution in [2.45, 2.75) is 45.8 Å². The molecule has 1 aromatic rings. The molecule has 0 spiro atoms. The van der Waals surface area contributed by atoms with Crippen molar-refractivity contribution in [2.75, 3.05) is 20.1 Å². The number of likely N-dealkylation sites (tertiary alicyclic amines) is 1. The average Bonchev–Trinajstić information content (AvgIpc) is 2.50. The lowest BCUT2D eigenvalue weighted by molar-refractivity contribution is -0.138. The first kappa shape index (κ1) is 15.8. The number of aryl methyl sites for hydroxylation is 1. The van der Waals surface area contributed by atoms with Crippen molar-refractivity contribution >= 4 is 5.91 Å². The van der Waals surface area contributed by atoms with Gasteiger partial charge in [0.1, 0.15) is 5.75 Å². The second-order valence-corrected chi connectivity index (χ2v) is 5.57. The molecule has 5 heteroatoms. The molecule has 2 rings (SSSR count). The first-order valence-corrected chi connectivity index (χ1v) is 7.68. The van der Waals surface area contributed by atoms with Gasteiger partial charge >= 0.3 is 0 Å². The van der Waals surface area contributed by atoms with Crippen molar-refractivity contribution in [3.8, 4) is 5.75 Å². The van der Waals surface area contributed by atoms with Crippen LogP contribution in [-0.2, 0) is 11.3 Å². The third-order valence-corrected chi connectivity index (χ3v) is 3.74. The van der Waals surface area contributed by atoms with E-state index in [4.69, 9.17) is 4.74 Å². The van der Waals surface area contributed by atoms with Gasteiger partial charge in [0.2, 0.25) is 0 Å². The van der Waals surface area contributed by atoms with E-state index in [1.54, 1.807) is 0 Å². The number of carbonyl (C=O) groups is 1. The van der Waals surface area contributed by atoms with Crippen LogP contribution >= 0.6 is 0 Å². The molecule has 1 fully saturated rings. The second kappa shape index (κ2) is 7.41. The second-order valence-electron chi connectivity index (χ2n) is 5.57. The van der Waals surface area contributed by atoms with Gasteiger partial charge in [-0.2, -0.15) is 0 Å². The molecule has 1 saturated heterocycles. The van der Waals surface area contributed by atoms with E-state index in [2.05, 4.69) is 10.3 Å². The monoisotopic (exact) mass is 291 g/mol. The van der Waals surface area contributed by atoms with Gasteiger partial charge in [0.05, 0.1) is 5.69 Å². The Morgan fingerprint density at radius 1 is 1.38 bits per heavy atom. The highest BCUT2D eigenvalue weighted by Crippen LogP contribution is 2.20. The lowest BCUT2D eigenvalue weighted by atomic mass is 10.1. The molecule has 2 heterocycles. The summed E-state index contributed by atoms with van der Waals surface area (Å²) in [6, 6.07) is 3.81. The van der Waals surface area contributed by atoms with Crippen molar-refractivity contribution in [1.29, 1.82) is 0 Å². The minimum Gasteiger partial charge on any atom is -0.479 e. The maximum Gasteiger partial charge on any atom is 0.263 e. The van der Waals surface area contributed by atoms with Crippen LogP contribution in [0.25, 0.3) is 0 Å². The highest BCUT2D eigenvalue weighted by Gasteiger charge is 2.24. The highest BCUT2D eigenvalue weighted by molar-refractivity contribution is 5.81. The fraction of sp³-hybridized carbons (Fsp3) is 0.625. The van der Waals surface area contributed by atoms with Gasteiger partial charge in [-0.25, -0.2) is 0 Å². The number of aromatic nitrogens is 1. The number of nitrogens with zero attached hydrogens (tertiary/aromatic N) is 2. The topological polar surface area (TPSA) is 54.5 Å². The van der Waals surface area contributed by atoms with E-state index in [1.807, 2.05) is 37.9 Å². The van der Waals surface area contributed by atoms with Gasteiger partial charge in [-0.15, -0.1) is 0 Å². The summed E-state index contributed by atoms with van der Waals surface area (Å²) in [6.07, 6.45) is 2.93. The molecular formula is C16H25N3O2. The van der Waals surface area contributed by atoms with Gasteiger partial charge in [0.25, 0.3) is 5.91 Å². The van der Waals surface area contributed by atoms with Crippen molar-refractivity contribution in [3.63, 3.8) is 0 Å². The molecule has 1 aromatic heterocycles. The Kier molecular flexibility index (Phi) is 5.56. The van der Waals surface area contributed by atoms with Gasteiger partial charge < -0.3 is 15.0 Å². The Morgan fingerprint density at radius 2 is 2.10 bits per heavy atom. The van der Waals surface area contributed by atoms with E-state index in [0.717, 1.165) is 37.3 Å². The Bertz CT molecular complexity index is 484. The molecule has 0 bridgehead atoms. The Morgan fingerprint density at radius 3 is 2.76 bits per heavy atom. The first-order chi connectivity index (χ1) is 10.1. The van der Waals surface area contributed by atoms with Crippen LogP contribution in [0.5, 0.6) is 5.75 Å². The van der Waals surface area contributed by atoms with Crippen molar-refractivity contribution in [3.05, 3.63) is 23.5 Å². The number of carbonyl (C=O) groups excluding carboxylic acids is 1. The summed E-state index contributed by atoms with van der Waals surface area (Å²) in [7, 11) is 1.87. The number of ether oxygens (including phenoxy) is 1. The third-order valence-electron chi connectivity index (χ3n) is 3.74. The Balaban J connectivity index is 2.04. The zero-order valence-corrected chi connectivity index (χ0v) is 13.2. The van der Waals surface area contributed by atoms with Crippen LogP contribution in [0, 0.1) is 6.92 Å². The van der Waals surface area contributed by atoms with Crippen molar-refractivity contribution in [2.24, 2.45) is 0 Å². The number of rotatable bonds is 5. The molecule has 21 heavy (non-hydrogen) atoms. The smallest absolute Gasteiger partial charge is 0.263 e. The predicted octanol–water partition coefficient (Wildman–Crippen LogP) is 1.89. The molecule has 5 nitrogen and oxygen atoms in total. The number of pyridine rings is 1. The Hall–Kier alpha value is -1.62. The largest absolute Gasteiger partial charge is 0.479 e. The summed E-state index contributed by atoms with van der Waals surface area (Å²) < 4.78 is 5.87. The fourth-order valence-corrected chi connectivity index (χ4v) is 2.61. The van der Waals surface area contributed by atoms with Crippen LogP contribution in [0.2, 0.25) is 0 Å². The SMILES string of the molecule is CNCc1nc(C)ccc1OC(C)C(=O)N1CCCCC1. The normalized spacial score (nSPS) is 16.6. The molecule has 1 atom stereocenters. The van der Waals surface area contributed by atoms with E-state index in [-0.39, 0.29) is 5.91 Å². The van der Waals surface area contributed by atoms with Gasteiger partial charge in [0, 0.05) is 25.3 Å². The first-order valence-electron chi connectivity index (χ1n) is 7.68. The molecule has 0 aromatic carbocycles. The van der Waals surface area contributed by atoms with Gasteiger partial charge in [0.15, 0.2) is 6.10 Å². The number of piperidine rings is 1. The lowest BCUT2D eigenvalue weighted by Crippen LogP contribution is -2.43. The summed E-state index contributed by atoms with van der Waals surface area (Å²) in [5, 5.41) is 3.08. The van der Waals surface area contributed by atoms with Crippen LogP contribution in [0.3, 0.4) is 0 Å². The van der Waals surface area contributed by atoms with E-state index in [1.165, 1.54) is 6.42 Å². The molecule has 1 amide bonds. The summed E-state index contributed by atoms with van der Waals surface area (Å²) in [5.74, 6) is 0.762. The maximum absolute atomic E-state index is 12.4. The van der Waals surface area contributed by atoms with Crippen molar-refractivity contribution in [1.82, 2.24) is 15.2 Å². The van der Waals surface area contributed by atoms with Crippen LogP contribution in [-0.4, -0.2) is 42.0 Å². The third kappa shape index (κ3) is 4.17. The zero-order chi connectivity index (χ0) is 15.2. The maximum atomic E-state index is 12.4. The van der Waals surface area contributed by atoms with Crippen LogP contribution in [0.1, 0.15) is 37.6 Å². The van der Waals surface area contributed by atoms with Crippen LogP contribution in [0.15, 0.2) is 12.1 Å². The minimum atomic E-state index is -0.469. The number of hydrogen-bond acceptors (Lipinski definition) is 4. The van der Waals surface area contributed by atoms with E-state index >= 15 is 0 Å². The van der Waals surface area contributed by atoms with Crippen molar-refractivity contribution < 1.29 is 9.53 Å². The standard InChI is InChI=1S/C16H25N3O2/c1-12-7-8-15(14(18-12)11-17-3)21-13(2)16(20)19-9-5-4-6-10-19/h7-8,13,17H,4-6,9-11H2,1-3H3. The summed E-state index contributed by atoms with van der Waals surface area (Å²) in [4.78, 5) is 18.8. The molecule has 0 aliphatic carbocycles. The van der Waals surface area contributed by atoms with Gasteiger partial charge in [-0.1, -0.05) is 0 Å². The minimum absolute atomic E-state index is 0.0747. The molecule has 116 valence electrons. The summed E-state index contributed by atoms with van der Waals surface area (Å²) >= 11 is 0. The predicted molar refractivity (Wildman–Crippen MR) is 82.3 cm³/mol.